The van der Waals surface area contributed by atoms with Gasteiger partial charge in [-0.2, -0.15) is 0 Å². The zero-order chi connectivity index (χ0) is 23.1. The van der Waals surface area contributed by atoms with Crippen LogP contribution in [0.4, 0.5) is 4.79 Å². The highest BCUT2D eigenvalue weighted by Crippen LogP contribution is 2.34. The normalized spacial score (nSPS) is 15.4. The third kappa shape index (κ3) is 6.39. The minimum Gasteiger partial charge on any atom is -0.491 e. The lowest BCUT2D eigenvalue weighted by Crippen LogP contribution is -2.50. The maximum atomic E-state index is 13.4. The highest BCUT2D eigenvalue weighted by molar-refractivity contribution is 7.10. The van der Waals surface area contributed by atoms with E-state index in [1.165, 1.54) is 4.88 Å². The van der Waals surface area contributed by atoms with Crippen LogP contribution >= 0.6 is 22.9 Å². The van der Waals surface area contributed by atoms with Crippen molar-refractivity contribution in [2.24, 2.45) is 5.92 Å². The predicted octanol–water partition coefficient (Wildman–Crippen LogP) is 4.98. The predicted molar refractivity (Wildman–Crippen MR) is 130 cm³/mol. The molecule has 1 aliphatic rings. The molecule has 3 rings (SSSR count). The van der Waals surface area contributed by atoms with Gasteiger partial charge in [-0.3, -0.25) is 4.79 Å². The van der Waals surface area contributed by atoms with E-state index in [2.05, 4.69) is 30.6 Å². The summed E-state index contributed by atoms with van der Waals surface area (Å²) in [6.45, 7) is 8.24. The summed E-state index contributed by atoms with van der Waals surface area (Å²) in [5.41, 5.74) is 1.13. The van der Waals surface area contributed by atoms with Crippen LogP contribution in [0.15, 0.2) is 35.7 Å². The number of urea groups is 1. The van der Waals surface area contributed by atoms with E-state index in [9.17, 15) is 9.59 Å². The molecule has 0 fully saturated rings. The molecular weight excluding hydrogens is 446 g/mol. The Balaban J connectivity index is 1.74. The van der Waals surface area contributed by atoms with Crippen molar-refractivity contribution < 1.29 is 14.3 Å². The first-order valence-corrected chi connectivity index (χ1v) is 12.4. The Hall–Kier alpha value is -2.25. The monoisotopic (exact) mass is 477 g/mol. The summed E-state index contributed by atoms with van der Waals surface area (Å²) in [5, 5.41) is 5.55. The number of carbonyl (C=O) groups excluding carboxylic acids is 2. The lowest BCUT2D eigenvalue weighted by Gasteiger charge is -2.37. The number of thiophene rings is 1. The highest BCUT2D eigenvalue weighted by atomic mass is 35.5. The van der Waals surface area contributed by atoms with Crippen LogP contribution in [-0.2, 0) is 11.2 Å². The van der Waals surface area contributed by atoms with E-state index in [0.29, 0.717) is 42.9 Å². The molecule has 6 nitrogen and oxygen atoms in total. The number of hydrogen-bond donors (Lipinski definition) is 1. The highest BCUT2D eigenvalue weighted by Gasteiger charge is 2.33. The first kappa shape index (κ1) is 24.4. The molecule has 0 bridgehead atoms. The van der Waals surface area contributed by atoms with Crippen LogP contribution in [0.2, 0.25) is 5.02 Å². The summed E-state index contributed by atoms with van der Waals surface area (Å²) < 4.78 is 6.04. The molecular formula is C24H32ClN3O3S. The molecule has 174 valence electrons. The second kappa shape index (κ2) is 11.6. The number of rotatable bonds is 9. The van der Waals surface area contributed by atoms with E-state index in [0.717, 1.165) is 18.4 Å². The second-order valence-corrected chi connectivity index (χ2v) is 9.79. The second-order valence-electron chi connectivity index (χ2n) is 8.36. The van der Waals surface area contributed by atoms with Crippen molar-refractivity contribution in [2.45, 2.75) is 39.7 Å². The van der Waals surface area contributed by atoms with Crippen LogP contribution in [0.5, 0.6) is 5.75 Å². The minimum atomic E-state index is -0.191. The number of benzene rings is 1. The van der Waals surface area contributed by atoms with Crippen molar-refractivity contribution in [3.63, 3.8) is 0 Å². The number of halogens is 1. The van der Waals surface area contributed by atoms with Crippen molar-refractivity contribution in [1.82, 2.24) is 15.1 Å². The molecule has 1 atom stereocenters. The topological polar surface area (TPSA) is 61.9 Å². The SMILES string of the molecule is CCNC(=O)N(CCC(C)C)CC(=O)N1CCc2sccc2[C@@H]1COc1ccc(Cl)cc1. The Morgan fingerprint density at radius 1 is 1.28 bits per heavy atom. The first-order chi connectivity index (χ1) is 15.4. The molecule has 0 saturated carbocycles. The smallest absolute Gasteiger partial charge is 0.317 e. The third-order valence-electron chi connectivity index (χ3n) is 5.55. The molecule has 2 aromatic rings. The van der Waals surface area contributed by atoms with Crippen LogP contribution in [0.1, 0.15) is 43.7 Å². The fourth-order valence-electron chi connectivity index (χ4n) is 3.76. The summed E-state index contributed by atoms with van der Waals surface area (Å²) in [4.78, 5) is 30.7. The fraction of sp³-hybridized carbons (Fsp3) is 0.500. The molecule has 0 saturated heterocycles. The van der Waals surface area contributed by atoms with E-state index in [-0.39, 0.29) is 24.5 Å². The number of fused-ring (bicyclic) bond motifs is 1. The zero-order valence-corrected chi connectivity index (χ0v) is 20.5. The maximum Gasteiger partial charge on any atom is 0.317 e. The number of amides is 3. The van der Waals surface area contributed by atoms with Gasteiger partial charge in [-0.05, 0) is 67.0 Å². The van der Waals surface area contributed by atoms with Crippen molar-refractivity contribution in [3.8, 4) is 5.75 Å². The van der Waals surface area contributed by atoms with Gasteiger partial charge in [0.2, 0.25) is 5.91 Å². The molecule has 1 aliphatic heterocycles. The third-order valence-corrected chi connectivity index (χ3v) is 6.80. The molecule has 0 unspecified atom stereocenters. The van der Waals surface area contributed by atoms with Gasteiger partial charge in [0.15, 0.2) is 0 Å². The molecule has 1 aromatic carbocycles. The quantitative estimate of drug-likeness (QED) is 0.553. The molecule has 8 heteroatoms. The minimum absolute atomic E-state index is 0.0541. The van der Waals surface area contributed by atoms with Gasteiger partial charge in [-0.15, -0.1) is 11.3 Å². The lowest BCUT2D eigenvalue weighted by molar-refractivity contribution is -0.135. The zero-order valence-electron chi connectivity index (χ0n) is 19.0. The van der Waals surface area contributed by atoms with Gasteiger partial charge in [0.25, 0.3) is 0 Å². The molecule has 3 amide bonds. The van der Waals surface area contributed by atoms with Gasteiger partial charge in [0.1, 0.15) is 18.9 Å². The Bertz CT molecular complexity index is 900. The van der Waals surface area contributed by atoms with E-state index in [1.54, 1.807) is 28.4 Å². The summed E-state index contributed by atoms with van der Waals surface area (Å²) in [5.74, 6) is 1.11. The molecule has 0 spiro atoms. The van der Waals surface area contributed by atoms with Gasteiger partial charge >= 0.3 is 6.03 Å². The summed E-state index contributed by atoms with van der Waals surface area (Å²) in [6.07, 6.45) is 1.67. The van der Waals surface area contributed by atoms with Gasteiger partial charge in [0.05, 0.1) is 6.04 Å². The molecule has 0 radical (unpaired) electrons. The molecule has 32 heavy (non-hydrogen) atoms. The van der Waals surface area contributed by atoms with Crippen LogP contribution in [0.3, 0.4) is 0 Å². The van der Waals surface area contributed by atoms with E-state index in [1.807, 2.05) is 24.0 Å². The standard InChI is InChI=1S/C24H32ClN3O3S/c1-4-26-24(30)27(12-9-17(2)3)15-23(29)28-13-10-22-20(11-14-32-22)21(28)16-31-19-7-5-18(25)6-8-19/h5-8,11,14,17,21H,4,9-10,12-13,15-16H2,1-3H3,(H,26,30)/t21-/m0/s1. The van der Waals surface area contributed by atoms with Gasteiger partial charge in [-0.1, -0.05) is 25.4 Å². The Kier molecular flexibility index (Phi) is 8.82. The van der Waals surface area contributed by atoms with Crippen LogP contribution in [-0.4, -0.2) is 54.5 Å². The Morgan fingerprint density at radius 3 is 2.72 bits per heavy atom. The average molecular weight is 478 g/mol. The number of ether oxygens (including phenoxy) is 1. The van der Waals surface area contributed by atoms with Gasteiger partial charge < -0.3 is 19.9 Å². The van der Waals surface area contributed by atoms with E-state index < -0.39 is 0 Å². The number of hydrogen-bond acceptors (Lipinski definition) is 4. The molecule has 1 aromatic heterocycles. The number of nitrogens with one attached hydrogen (secondary N) is 1. The Morgan fingerprint density at radius 2 is 2.03 bits per heavy atom. The fourth-order valence-corrected chi connectivity index (χ4v) is 4.82. The number of carbonyl (C=O) groups is 2. The van der Waals surface area contributed by atoms with Crippen molar-refractivity contribution in [1.29, 1.82) is 0 Å². The van der Waals surface area contributed by atoms with Crippen LogP contribution in [0.25, 0.3) is 0 Å². The Labute approximate surface area is 199 Å². The summed E-state index contributed by atoms with van der Waals surface area (Å²) in [6, 6.07) is 8.93. The van der Waals surface area contributed by atoms with Crippen molar-refractivity contribution in [3.05, 3.63) is 51.2 Å². The summed E-state index contributed by atoms with van der Waals surface area (Å²) in [7, 11) is 0. The molecule has 0 aliphatic carbocycles. The van der Waals surface area contributed by atoms with Crippen molar-refractivity contribution >= 4 is 34.9 Å². The molecule has 2 heterocycles. The largest absolute Gasteiger partial charge is 0.491 e. The van der Waals surface area contributed by atoms with E-state index in [4.69, 9.17) is 16.3 Å². The summed E-state index contributed by atoms with van der Waals surface area (Å²) >= 11 is 7.69. The van der Waals surface area contributed by atoms with Crippen molar-refractivity contribution in [2.75, 3.05) is 32.8 Å². The van der Waals surface area contributed by atoms with E-state index >= 15 is 0 Å². The first-order valence-electron chi connectivity index (χ1n) is 11.2. The maximum absolute atomic E-state index is 13.4. The van der Waals surface area contributed by atoms with Crippen LogP contribution in [0, 0.1) is 5.92 Å². The van der Waals surface area contributed by atoms with Gasteiger partial charge in [0, 0.05) is 29.5 Å². The van der Waals surface area contributed by atoms with Crippen LogP contribution < -0.4 is 10.1 Å². The molecule has 1 N–H and O–H groups in total. The lowest BCUT2D eigenvalue weighted by atomic mass is 10.0. The van der Waals surface area contributed by atoms with Gasteiger partial charge in [-0.25, -0.2) is 4.79 Å². The number of nitrogens with zero attached hydrogens (tertiary/aromatic N) is 2. The average Bonchev–Trinajstić information content (AvgIpc) is 3.25.